The predicted molar refractivity (Wildman–Crippen MR) is 74.0 cm³/mol. The molecule has 1 aromatic carbocycles. The number of ether oxygens (including phenoxy) is 1. The number of benzene rings is 1. The third kappa shape index (κ3) is 4.73. The molecule has 0 aromatic heterocycles. The number of para-hydroxylation sites is 1. The lowest BCUT2D eigenvalue weighted by atomic mass is 10.2. The highest BCUT2D eigenvalue weighted by molar-refractivity contribution is 5.29. The summed E-state index contributed by atoms with van der Waals surface area (Å²) in [6, 6.07) is 9.82. The van der Waals surface area contributed by atoms with Crippen LogP contribution in [0.4, 0.5) is 0 Å². The molecule has 17 heavy (non-hydrogen) atoms. The number of hydrogen-bond donors (Lipinski definition) is 0. The first kappa shape index (κ1) is 13.3. The van der Waals surface area contributed by atoms with Crippen molar-refractivity contribution in [3.05, 3.63) is 66.0 Å². The lowest BCUT2D eigenvalue weighted by molar-refractivity contribution is 0.443. The van der Waals surface area contributed by atoms with Crippen LogP contribution in [0.3, 0.4) is 0 Å². The van der Waals surface area contributed by atoms with Crippen molar-refractivity contribution in [3.63, 3.8) is 0 Å². The van der Waals surface area contributed by atoms with Gasteiger partial charge in [-0.25, -0.2) is 0 Å². The molecule has 0 aliphatic rings. The van der Waals surface area contributed by atoms with Gasteiger partial charge < -0.3 is 4.74 Å². The fraction of sp³-hybridized carbons (Fsp3) is 0.250. The van der Waals surface area contributed by atoms with Crippen LogP contribution in [0.25, 0.3) is 0 Å². The summed E-state index contributed by atoms with van der Waals surface area (Å²) in [6.07, 6.45) is 9.22. The smallest absolute Gasteiger partial charge is 0.127 e. The van der Waals surface area contributed by atoms with Gasteiger partial charge in [-0.15, -0.1) is 0 Å². The van der Waals surface area contributed by atoms with E-state index < -0.39 is 0 Å². The van der Waals surface area contributed by atoms with Gasteiger partial charge in [0.05, 0.1) is 0 Å². The second kappa shape index (κ2) is 7.50. The van der Waals surface area contributed by atoms with Gasteiger partial charge in [0.1, 0.15) is 11.5 Å². The lowest BCUT2D eigenvalue weighted by Crippen LogP contribution is -1.91. The summed E-state index contributed by atoms with van der Waals surface area (Å²) in [4.78, 5) is 0. The summed E-state index contributed by atoms with van der Waals surface area (Å²) in [7, 11) is 0. The van der Waals surface area contributed by atoms with E-state index in [0.29, 0.717) is 0 Å². The first-order valence-corrected chi connectivity index (χ1v) is 6.02. The van der Waals surface area contributed by atoms with Crippen LogP contribution in [0.1, 0.15) is 27.2 Å². The molecule has 1 heteroatoms. The zero-order valence-electron chi connectivity index (χ0n) is 10.8. The lowest BCUT2D eigenvalue weighted by Gasteiger charge is -2.05. The Morgan fingerprint density at radius 3 is 2.29 bits per heavy atom. The van der Waals surface area contributed by atoms with Gasteiger partial charge in [-0.2, -0.15) is 0 Å². The Bertz CT molecular complexity index is 410. The second-order valence-corrected chi connectivity index (χ2v) is 3.66. The highest BCUT2D eigenvalue weighted by Crippen LogP contribution is 2.14. The minimum Gasteiger partial charge on any atom is -0.458 e. The molecule has 1 nitrogen and oxygen atoms in total. The fourth-order valence-corrected chi connectivity index (χ4v) is 1.42. The monoisotopic (exact) mass is 228 g/mol. The van der Waals surface area contributed by atoms with Gasteiger partial charge in [-0.3, -0.25) is 0 Å². The van der Waals surface area contributed by atoms with Gasteiger partial charge in [0.2, 0.25) is 0 Å². The van der Waals surface area contributed by atoms with Crippen molar-refractivity contribution in [1.29, 1.82) is 0 Å². The summed E-state index contributed by atoms with van der Waals surface area (Å²) < 4.78 is 5.75. The van der Waals surface area contributed by atoms with E-state index in [2.05, 4.69) is 26.0 Å². The second-order valence-electron chi connectivity index (χ2n) is 3.66. The largest absolute Gasteiger partial charge is 0.458 e. The summed E-state index contributed by atoms with van der Waals surface area (Å²) in [5, 5.41) is 0. The molecule has 0 atom stereocenters. The molecular weight excluding hydrogens is 208 g/mol. The van der Waals surface area contributed by atoms with Crippen LogP contribution in [-0.2, 0) is 0 Å². The SMILES string of the molecule is C\C=C(/C=C\C(=C/C)Oc1ccccc1)CC. The summed E-state index contributed by atoms with van der Waals surface area (Å²) >= 11 is 0. The molecule has 0 radical (unpaired) electrons. The summed E-state index contributed by atoms with van der Waals surface area (Å²) in [6.45, 7) is 6.17. The fourth-order valence-electron chi connectivity index (χ4n) is 1.42. The molecule has 0 N–H and O–H groups in total. The average Bonchev–Trinajstić information content (AvgIpc) is 2.39. The van der Waals surface area contributed by atoms with E-state index in [-0.39, 0.29) is 0 Å². The molecule has 0 saturated heterocycles. The van der Waals surface area contributed by atoms with E-state index in [1.165, 1.54) is 5.57 Å². The van der Waals surface area contributed by atoms with E-state index >= 15 is 0 Å². The van der Waals surface area contributed by atoms with Gasteiger partial charge in [0, 0.05) is 0 Å². The van der Waals surface area contributed by atoms with E-state index in [1.54, 1.807) is 0 Å². The molecule has 0 amide bonds. The molecule has 0 aliphatic heterocycles. The van der Waals surface area contributed by atoms with E-state index in [9.17, 15) is 0 Å². The Balaban J connectivity index is 2.69. The van der Waals surface area contributed by atoms with Gasteiger partial charge in [0.25, 0.3) is 0 Å². The molecule has 0 spiro atoms. The van der Waals surface area contributed by atoms with Crippen LogP contribution >= 0.6 is 0 Å². The average molecular weight is 228 g/mol. The van der Waals surface area contributed by atoms with Crippen molar-refractivity contribution < 1.29 is 4.74 Å². The maximum atomic E-state index is 5.75. The molecule has 1 aromatic rings. The Labute approximate surface area is 104 Å². The molecule has 0 unspecified atom stereocenters. The minimum absolute atomic E-state index is 0.865. The molecule has 0 heterocycles. The highest BCUT2D eigenvalue weighted by atomic mass is 16.5. The van der Waals surface area contributed by atoms with Crippen molar-refractivity contribution in [2.45, 2.75) is 27.2 Å². The van der Waals surface area contributed by atoms with Crippen LogP contribution in [0.5, 0.6) is 5.75 Å². The zero-order valence-corrected chi connectivity index (χ0v) is 10.8. The summed E-state index contributed by atoms with van der Waals surface area (Å²) in [5.74, 6) is 1.73. The maximum Gasteiger partial charge on any atom is 0.127 e. The van der Waals surface area contributed by atoms with Gasteiger partial charge >= 0.3 is 0 Å². The van der Waals surface area contributed by atoms with Crippen LogP contribution in [0, 0.1) is 0 Å². The van der Waals surface area contributed by atoms with Crippen molar-refractivity contribution in [2.24, 2.45) is 0 Å². The standard InChI is InChI=1S/C16H20O/c1-4-14(5-2)12-13-15(6-3)17-16-10-8-7-9-11-16/h4,6-13H,5H2,1-3H3/b13-12-,14-4-,15-6+. The van der Waals surface area contributed by atoms with Crippen LogP contribution in [-0.4, -0.2) is 0 Å². The number of hydrogen-bond acceptors (Lipinski definition) is 1. The number of rotatable bonds is 5. The van der Waals surface area contributed by atoms with Crippen molar-refractivity contribution >= 4 is 0 Å². The first-order valence-electron chi connectivity index (χ1n) is 6.02. The molecule has 90 valence electrons. The third-order valence-electron chi connectivity index (χ3n) is 2.50. The molecule has 0 fully saturated rings. The quantitative estimate of drug-likeness (QED) is 0.515. The predicted octanol–water partition coefficient (Wildman–Crippen LogP) is 4.88. The summed E-state index contributed by atoms with van der Waals surface area (Å²) in [5.41, 5.74) is 1.31. The van der Waals surface area contributed by atoms with E-state index in [4.69, 9.17) is 4.74 Å². The third-order valence-corrected chi connectivity index (χ3v) is 2.50. The van der Waals surface area contributed by atoms with Crippen molar-refractivity contribution in [2.75, 3.05) is 0 Å². The highest BCUT2D eigenvalue weighted by Gasteiger charge is 1.95. The van der Waals surface area contributed by atoms with Crippen LogP contribution in [0.15, 0.2) is 66.0 Å². The van der Waals surface area contributed by atoms with Crippen LogP contribution < -0.4 is 4.74 Å². The Morgan fingerprint density at radius 1 is 1.06 bits per heavy atom. The first-order chi connectivity index (χ1) is 8.30. The number of allylic oxidation sites excluding steroid dienone is 5. The minimum atomic E-state index is 0.865. The normalized spacial score (nSPS) is 13.1. The van der Waals surface area contributed by atoms with Gasteiger partial charge in [-0.05, 0) is 44.6 Å². The van der Waals surface area contributed by atoms with E-state index in [0.717, 1.165) is 17.9 Å². The van der Waals surface area contributed by atoms with Crippen molar-refractivity contribution in [3.8, 4) is 5.75 Å². The molecular formula is C16H20O. The molecule has 0 bridgehead atoms. The van der Waals surface area contributed by atoms with Crippen LogP contribution in [0.2, 0.25) is 0 Å². The Kier molecular flexibility index (Phi) is 5.87. The zero-order chi connectivity index (χ0) is 12.5. The van der Waals surface area contributed by atoms with Gasteiger partial charge in [-0.1, -0.05) is 42.8 Å². The van der Waals surface area contributed by atoms with Crippen molar-refractivity contribution in [1.82, 2.24) is 0 Å². The van der Waals surface area contributed by atoms with E-state index in [1.807, 2.05) is 49.4 Å². The Morgan fingerprint density at radius 2 is 1.76 bits per heavy atom. The topological polar surface area (TPSA) is 9.23 Å². The maximum absolute atomic E-state index is 5.75. The molecule has 0 saturated carbocycles. The Hall–Kier alpha value is -1.76. The van der Waals surface area contributed by atoms with Gasteiger partial charge in [0.15, 0.2) is 0 Å². The molecule has 1 rings (SSSR count). The molecule has 0 aliphatic carbocycles.